The van der Waals surface area contributed by atoms with E-state index in [1.165, 1.54) is 7.11 Å². The molecule has 0 bridgehead atoms. The van der Waals surface area contributed by atoms with Crippen LogP contribution in [0.25, 0.3) is 0 Å². The largest absolute Gasteiger partial charge is 0.463 e. The second kappa shape index (κ2) is 5.57. The normalized spacial score (nSPS) is 15.2. The van der Waals surface area contributed by atoms with E-state index in [4.69, 9.17) is 4.42 Å². The molecule has 0 saturated carbocycles. The first-order valence-corrected chi connectivity index (χ1v) is 6.19. The molecule has 1 rings (SSSR count). The summed E-state index contributed by atoms with van der Waals surface area (Å²) in [6, 6.07) is 3.83. The van der Waals surface area contributed by atoms with Crippen molar-refractivity contribution in [1.82, 2.24) is 5.32 Å². The summed E-state index contributed by atoms with van der Waals surface area (Å²) in [7, 11) is 1.34. The molecule has 0 saturated heterocycles. The number of ether oxygens (including phenoxy) is 1. The lowest BCUT2D eigenvalue weighted by molar-refractivity contribution is 0.0561. The van der Waals surface area contributed by atoms with Gasteiger partial charge in [0, 0.05) is 6.04 Å². The van der Waals surface area contributed by atoms with Gasteiger partial charge >= 0.3 is 5.97 Å². The Bertz CT molecular complexity index is 403. The maximum atomic E-state index is 11.3. The summed E-state index contributed by atoms with van der Waals surface area (Å²) in [4.78, 5) is 11.3. The molecule has 0 aliphatic carbocycles. The van der Waals surface area contributed by atoms with Crippen LogP contribution in [0.1, 0.15) is 57.0 Å². The molecule has 0 aliphatic rings. The molecular weight excluding hydrogens is 230 g/mol. The van der Waals surface area contributed by atoms with Gasteiger partial charge in [-0.1, -0.05) is 20.8 Å². The van der Waals surface area contributed by atoms with Gasteiger partial charge in [0.1, 0.15) is 5.76 Å². The van der Waals surface area contributed by atoms with Gasteiger partial charge in [-0.2, -0.15) is 0 Å². The average molecular weight is 253 g/mol. The van der Waals surface area contributed by atoms with Gasteiger partial charge < -0.3 is 14.5 Å². The number of carbonyl (C=O) groups is 1. The number of furan rings is 1. The third-order valence-electron chi connectivity index (χ3n) is 3.24. The quantitative estimate of drug-likeness (QED) is 0.837. The van der Waals surface area contributed by atoms with Gasteiger partial charge in [0.2, 0.25) is 5.76 Å². The maximum absolute atomic E-state index is 11.3. The van der Waals surface area contributed by atoms with Crippen molar-refractivity contribution in [2.45, 2.75) is 46.7 Å². The summed E-state index contributed by atoms with van der Waals surface area (Å²) < 4.78 is 10.1. The summed E-state index contributed by atoms with van der Waals surface area (Å²) in [6.45, 7) is 10.7. The highest BCUT2D eigenvalue weighted by Crippen LogP contribution is 2.23. The predicted octanol–water partition coefficient (Wildman–Crippen LogP) is 3.15. The fourth-order valence-corrected chi connectivity index (χ4v) is 1.50. The topological polar surface area (TPSA) is 51.5 Å². The lowest BCUT2D eigenvalue weighted by atomic mass is 9.87. The Labute approximate surface area is 109 Å². The molecule has 18 heavy (non-hydrogen) atoms. The van der Waals surface area contributed by atoms with Crippen LogP contribution in [0.5, 0.6) is 0 Å². The van der Waals surface area contributed by atoms with Crippen LogP contribution in [0.2, 0.25) is 0 Å². The molecule has 0 aromatic carbocycles. The molecular formula is C14H23NO3. The van der Waals surface area contributed by atoms with Crippen molar-refractivity contribution in [1.29, 1.82) is 0 Å². The maximum Gasteiger partial charge on any atom is 0.373 e. The number of rotatable bonds is 4. The third kappa shape index (κ3) is 3.60. The van der Waals surface area contributed by atoms with E-state index in [2.05, 4.69) is 37.7 Å². The SMILES string of the molecule is COC(=O)c1ccc(C(C)NC(C)C(C)(C)C)o1. The molecule has 1 aromatic rings. The van der Waals surface area contributed by atoms with Gasteiger partial charge in [0.05, 0.1) is 13.2 Å². The monoisotopic (exact) mass is 253 g/mol. The van der Waals surface area contributed by atoms with E-state index in [-0.39, 0.29) is 17.2 Å². The van der Waals surface area contributed by atoms with Crippen molar-refractivity contribution in [3.8, 4) is 0 Å². The van der Waals surface area contributed by atoms with Crippen LogP contribution in [-0.4, -0.2) is 19.1 Å². The smallest absolute Gasteiger partial charge is 0.373 e. The van der Waals surface area contributed by atoms with Gasteiger partial charge in [-0.15, -0.1) is 0 Å². The summed E-state index contributed by atoms with van der Waals surface area (Å²) in [5.74, 6) is 0.536. The Morgan fingerprint density at radius 3 is 2.44 bits per heavy atom. The van der Waals surface area contributed by atoms with E-state index in [1.54, 1.807) is 12.1 Å². The van der Waals surface area contributed by atoms with Crippen molar-refractivity contribution < 1.29 is 13.9 Å². The molecule has 1 aromatic heterocycles. The van der Waals surface area contributed by atoms with Crippen molar-refractivity contribution in [2.75, 3.05) is 7.11 Å². The Kier molecular flexibility index (Phi) is 4.57. The molecule has 102 valence electrons. The molecule has 0 fully saturated rings. The highest BCUT2D eigenvalue weighted by Gasteiger charge is 2.23. The second-order valence-corrected chi connectivity index (χ2v) is 5.67. The molecule has 1 N–H and O–H groups in total. The first-order valence-electron chi connectivity index (χ1n) is 6.19. The van der Waals surface area contributed by atoms with Crippen LogP contribution >= 0.6 is 0 Å². The first-order chi connectivity index (χ1) is 8.25. The molecule has 4 nitrogen and oxygen atoms in total. The number of nitrogens with one attached hydrogen (secondary N) is 1. The van der Waals surface area contributed by atoms with E-state index >= 15 is 0 Å². The second-order valence-electron chi connectivity index (χ2n) is 5.67. The summed E-state index contributed by atoms with van der Waals surface area (Å²) in [5.41, 5.74) is 0.173. The van der Waals surface area contributed by atoms with Gasteiger partial charge in [0.25, 0.3) is 0 Å². The zero-order chi connectivity index (χ0) is 13.9. The fraction of sp³-hybridized carbons (Fsp3) is 0.643. The van der Waals surface area contributed by atoms with Crippen LogP contribution in [0.3, 0.4) is 0 Å². The van der Waals surface area contributed by atoms with Crippen molar-refractivity contribution >= 4 is 5.97 Å². The number of hydrogen-bond donors (Lipinski definition) is 1. The summed E-state index contributed by atoms with van der Waals surface area (Å²) >= 11 is 0. The molecule has 4 heteroatoms. The van der Waals surface area contributed by atoms with E-state index in [1.807, 2.05) is 6.92 Å². The molecule has 0 radical (unpaired) electrons. The lowest BCUT2D eigenvalue weighted by Crippen LogP contribution is -2.38. The minimum absolute atomic E-state index is 0.0534. The minimum atomic E-state index is -0.447. The Morgan fingerprint density at radius 1 is 1.33 bits per heavy atom. The van der Waals surface area contributed by atoms with E-state index < -0.39 is 5.97 Å². The Balaban J connectivity index is 2.70. The van der Waals surface area contributed by atoms with Crippen LogP contribution in [0.15, 0.2) is 16.5 Å². The molecule has 2 unspecified atom stereocenters. The number of esters is 1. The number of methoxy groups -OCH3 is 1. The standard InChI is InChI=1S/C14H23NO3/c1-9(15-10(2)14(3,4)5)11-7-8-12(18-11)13(16)17-6/h7-10,15H,1-6H3. The highest BCUT2D eigenvalue weighted by atomic mass is 16.5. The van der Waals surface area contributed by atoms with Crippen molar-refractivity contribution in [3.63, 3.8) is 0 Å². The van der Waals surface area contributed by atoms with Crippen molar-refractivity contribution in [3.05, 3.63) is 23.7 Å². The minimum Gasteiger partial charge on any atom is -0.463 e. The summed E-state index contributed by atoms with van der Waals surface area (Å²) in [5, 5.41) is 3.46. The Hall–Kier alpha value is -1.29. The lowest BCUT2D eigenvalue weighted by Gasteiger charge is -2.30. The zero-order valence-electron chi connectivity index (χ0n) is 12.0. The molecule has 2 atom stereocenters. The van der Waals surface area contributed by atoms with Crippen LogP contribution in [-0.2, 0) is 4.74 Å². The Morgan fingerprint density at radius 2 is 1.94 bits per heavy atom. The molecule has 0 amide bonds. The average Bonchev–Trinajstić information content (AvgIpc) is 2.75. The van der Waals surface area contributed by atoms with Crippen molar-refractivity contribution in [2.24, 2.45) is 5.41 Å². The van der Waals surface area contributed by atoms with Gasteiger partial charge in [-0.05, 0) is 31.4 Å². The fourth-order valence-electron chi connectivity index (χ4n) is 1.50. The number of hydrogen-bond acceptors (Lipinski definition) is 4. The van der Waals surface area contributed by atoms with Crippen LogP contribution < -0.4 is 5.32 Å². The molecule has 0 spiro atoms. The highest BCUT2D eigenvalue weighted by molar-refractivity contribution is 5.86. The molecule has 0 aliphatic heterocycles. The van der Waals surface area contributed by atoms with E-state index in [0.29, 0.717) is 6.04 Å². The summed E-state index contributed by atoms with van der Waals surface area (Å²) in [6.07, 6.45) is 0. The third-order valence-corrected chi connectivity index (χ3v) is 3.24. The van der Waals surface area contributed by atoms with Gasteiger partial charge in [-0.3, -0.25) is 0 Å². The van der Waals surface area contributed by atoms with Gasteiger partial charge in [0.15, 0.2) is 0 Å². The number of carbonyl (C=O) groups excluding carboxylic acids is 1. The van der Waals surface area contributed by atoms with E-state index in [0.717, 1.165) is 5.76 Å². The van der Waals surface area contributed by atoms with Gasteiger partial charge in [-0.25, -0.2) is 4.79 Å². The van der Waals surface area contributed by atoms with Crippen LogP contribution in [0, 0.1) is 5.41 Å². The molecule has 1 heterocycles. The first kappa shape index (κ1) is 14.8. The van der Waals surface area contributed by atoms with Crippen LogP contribution in [0.4, 0.5) is 0 Å². The van der Waals surface area contributed by atoms with E-state index in [9.17, 15) is 4.79 Å². The zero-order valence-corrected chi connectivity index (χ0v) is 12.0. The predicted molar refractivity (Wildman–Crippen MR) is 70.5 cm³/mol.